The Hall–Kier alpha value is -2.00. The molecule has 1 amide bonds. The van der Waals surface area contributed by atoms with Gasteiger partial charge in [0.2, 0.25) is 5.91 Å². The predicted molar refractivity (Wildman–Crippen MR) is 84.3 cm³/mol. The first-order valence-electron chi connectivity index (χ1n) is 6.42. The van der Waals surface area contributed by atoms with Crippen LogP contribution in [-0.2, 0) is 11.3 Å². The summed E-state index contributed by atoms with van der Waals surface area (Å²) in [6, 6.07) is 13.6. The minimum atomic E-state index is -0.0649. The second-order valence-corrected chi connectivity index (χ2v) is 5.06. The third-order valence-electron chi connectivity index (χ3n) is 2.98. The zero-order valence-corrected chi connectivity index (χ0v) is 12.3. The molecular weight excluding hydrogens is 272 g/mol. The van der Waals surface area contributed by atoms with E-state index in [4.69, 9.17) is 11.6 Å². The van der Waals surface area contributed by atoms with Gasteiger partial charge in [-0.3, -0.25) is 4.79 Å². The van der Waals surface area contributed by atoms with Gasteiger partial charge >= 0.3 is 0 Å². The maximum Gasteiger partial charge on any atom is 0.221 e. The van der Waals surface area contributed by atoms with Crippen molar-refractivity contribution in [3.63, 3.8) is 0 Å². The Morgan fingerprint density at radius 2 is 1.95 bits per heavy atom. The lowest BCUT2D eigenvalue weighted by molar-refractivity contribution is -0.114. The quantitative estimate of drug-likeness (QED) is 0.884. The summed E-state index contributed by atoms with van der Waals surface area (Å²) in [4.78, 5) is 11.1. The van der Waals surface area contributed by atoms with Crippen LogP contribution in [0.15, 0.2) is 42.5 Å². The largest absolute Gasteiger partial charge is 0.381 e. The SMILES string of the molecule is CC(=O)Nc1ccc(NCc2ccccc2Cl)cc1C. The lowest BCUT2D eigenvalue weighted by atomic mass is 10.1. The lowest BCUT2D eigenvalue weighted by Gasteiger charge is -2.11. The number of halogens is 1. The van der Waals surface area contributed by atoms with Gasteiger partial charge < -0.3 is 10.6 Å². The topological polar surface area (TPSA) is 41.1 Å². The molecule has 0 fully saturated rings. The Balaban J connectivity index is 2.06. The maximum absolute atomic E-state index is 11.1. The molecule has 0 saturated carbocycles. The first kappa shape index (κ1) is 14.4. The number of nitrogens with one attached hydrogen (secondary N) is 2. The van der Waals surface area contributed by atoms with Gasteiger partial charge in [0.25, 0.3) is 0 Å². The van der Waals surface area contributed by atoms with Gasteiger partial charge in [-0.1, -0.05) is 29.8 Å². The van der Waals surface area contributed by atoms with Crippen molar-refractivity contribution in [1.29, 1.82) is 0 Å². The molecule has 0 bridgehead atoms. The number of benzene rings is 2. The van der Waals surface area contributed by atoms with Crippen molar-refractivity contribution in [2.45, 2.75) is 20.4 Å². The Kier molecular flexibility index (Phi) is 4.64. The molecule has 3 nitrogen and oxygen atoms in total. The summed E-state index contributed by atoms with van der Waals surface area (Å²) in [7, 11) is 0. The van der Waals surface area contributed by atoms with Crippen LogP contribution in [-0.4, -0.2) is 5.91 Å². The Morgan fingerprint density at radius 1 is 1.20 bits per heavy atom. The molecule has 4 heteroatoms. The van der Waals surface area contributed by atoms with E-state index in [0.717, 1.165) is 27.5 Å². The van der Waals surface area contributed by atoms with E-state index in [1.165, 1.54) is 6.92 Å². The van der Waals surface area contributed by atoms with E-state index < -0.39 is 0 Å². The molecule has 20 heavy (non-hydrogen) atoms. The number of aryl methyl sites for hydroxylation is 1. The smallest absolute Gasteiger partial charge is 0.221 e. The molecule has 0 aliphatic rings. The Morgan fingerprint density at radius 3 is 2.60 bits per heavy atom. The molecule has 0 atom stereocenters. The van der Waals surface area contributed by atoms with E-state index in [1.807, 2.05) is 49.4 Å². The number of hydrogen-bond acceptors (Lipinski definition) is 2. The first-order valence-corrected chi connectivity index (χ1v) is 6.79. The molecule has 2 aromatic carbocycles. The Labute approximate surface area is 124 Å². The average Bonchev–Trinajstić information content (AvgIpc) is 2.40. The van der Waals surface area contributed by atoms with Crippen LogP contribution in [0, 0.1) is 6.92 Å². The highest BCUT2D eigenvalue weighted by atomic mass is 35.5. The molecule has 0 spiro atoms. The highest BCUT2D eigenvalue weighted by Gasteiger charge is 2.03. The van der Waals surface area contributed by atoms with Crippen molar-refractivity contribution in [2.75, 3.05) is 10.6 Å². The summed E-state index contributed by atoms with van der Waals surface area (Å²) in [5, 5.41) is 6.88. The number of hydrogen-bond donors (Lipinski definition) is 2. The van der Waals surface area contributed by atoms with Crippen molar-refractivity contribution >= 4 is 28.9 Å². The number of carbonyl (C=O) groups excluding carboxylic acids is 1. The molecule has 0 aromatic heterocycles. The van der Waals surface area contributed by atoms with Gasteiger partial charge in [0.15, 0.2) is 0 Å². The van der Waals surface area contributed by atoms with Crippen LogP contribution in [0.5, 0.6) is 0 Å². The van der Waals surface area contributed by atoms with Gasteiger partial charge in [-0.05, 0) is 42.3 Å². The van der Waals surface area contributed by atoms with Crippen LogP contribution in [0.4, 0.5) is 11.4 Å². The zero-order chi connectivity index (χ0) is 14.5. The monoisotopic (exact) mass is 288 g/mol. The van der Waals surface area contributed by atoms with Gasteiger partial charge in [-0.25, -0.2) is 0 Å². The molecule has 2 rings (SSSR count). The highest BCUT2D eigenvalue weighted by Crippen LogP contribution is 2.21. The molecular formula is C16H17ClN2O. The summed E-state index contributed by atoms with van der Waals surface area (Å²) in [5.41, 5.74) is 3.90. The van der Waals surface area contributed by atoms with Crippen molar-refractivity contribution in [1.82, 2.24) is 0 Å². The van der Waals surface area contributed by atoms with Crippen LogP contribution in [0.1, 0.15) is 18.1 Å². The molecule has 104 valence electrons. The van der Waals surface area contributed by atoms with Gasteiger partial charge in [0, 0.05) is 29.9 Å². The van der Waals surface area contributed by atoms with E-state index in [-0.39, 0.29) is 5.91 Å². The molecule has 0 aliphatic carbocycles. The van der Waals surface area contributed by atoms with Gasteiger partial charge in [0.1, 0.15) is 0 Å². The summed E-state index contributed by atoms with van der Waals surface area (Å²) in [6.45, 7) is 4.13. The third kappa shape index (κ3) is 3.75. The van der Waals surface area contributed by atoms with Crippen molar-refractivity contribution in [3.8, 4) is 0 Å². The minimum absolute atomic E-state index is 0.0649. The van der Waals surface area contributed by atoms with E-state index in [1.54, 1.807) is 0 Å². The number of anilines is 2. The molecule has 2 aromatic rings. The third-order valence-corrected chi connectivity index (χ3v) is 3.35. The van der Waals surface area contributed by atoms with E-state index in [9.17, 15) is 4.79 Å². The van der Waals surface area contributed by atoms with Crippen LogP contribution in [0.2, 0.25) is 5.02 Å². The van der Waals surface area contributed by atoms with E-state index >= 15 is 0 Å². The van der Waals surface area contributed by atoms with Crippen LogP contribution >= 0.6 is 11.6 Å². The lowest BCUT2D eigenvalue weighted by Crippen LogP contribution is -2.07. The Bertz CT molecular complexity index is 626. The number of amides is 1. The van der Waals surface area contributed by atoms with Gasteiger partial charge in [-0.15, -0.1) is 0 Å². The summed E-state index contributed by atoms with van der Waals surface area (Å²) in [5.74, 6) is -0.0649. The fourth-order valence-electron chi connectivity index (χ4n) is 1.94. The molecule has 0 unspecified atom stereocenters. The van der Waals surface area contributed by atoms with E-state index in [0.29, 0.717) is 6.54 Å². The maximum atomic E-state index is 11.1. The van der Waals surface area contributed by atoms with Crippen LogP contribution in [0.3, 0.4) is 0 Å². The molecule has 0 radical (unpaired) electrons. The fourth-order valence-corrected chi connectivity index (χ4v) is 2.15. The highest BCUT2D eigenvalue weighted by molar-refractivity contribution is 6.31. The van der Waals surface area contributed by atoms with Crippen LogP contribution in [0.25, 0.3) is 0 Å². The van der Waals surface area contributed by atoms with Crippen molar-refractivity contribution in [3.05, 3.63) is 58.6 Å². The molecule has 2 N–H and O–H groups in total. The second-order valence-electron chi connectivity index (χ2n) is 4.66. The molecule has 0 heterocycles. The average molecular weight is 289 g/mol. The number of rotatable bonds is 4. The van der Waals surface area contributed by atoms with Crippen molar-refractivity contribution in [2.24, 2.45) is 0 Å². The number of carbonyl (C=O) groups is 1. The summed E-state index contributed by atoms with van der Waals surface area (Å²) < 4.78 is 0. The molecule has 0 saturated heterocycles. The van der Waals surface area contributed by atoms with Gasteiger partial charge in [-0.2, -0.15) is 0 Å². The zero-order valence-electron chi connectivity index (χ0n) is 11.5. The van der Waals surface area contributed by atoms with Crippen molar-refractivity contribution < 1.29 is 4.79 Å². The van der Waals surface area contributed by atoms with Gasteiger partial charge in [0.05, 0.1) is 0 Å². The first-order chi connectivity index (χ1) is 9.56. The van der Waals surface area contributed by atoms with E-state index in [2.05, 4.69) is 10.6 Å². The minimum Gasteiger partial charge on any atom is -0.381 e. The fraction of sp³-hybridized carbons (Fsp3) is 0.188. The summed E-state index contributed by atoms with van der Waals surface area (Å²) in [6.07, 6.45) is 0. The normalized spacial score (nSPS) is 10.2. The predicted octanol–water partition coefficient (Wildman–Crippen LogP) is 4.22. The standard InChI is InChI=1S/C16H17ClN2O/c1-11-9-14(7-8-16(11)19-12(2)20)18-10-13-5-3-4-6-15(13)17/h3-9,18H,10H2,1-2H3,(H,19,20). The second kappa shape index (κ2) is 6.44. The summed E-state index contributed by atoms with van der Waals surface area (Å²) >= 11 is 6.12. The van der Waals surface area contributed by atoms with Crippen LogP contribution < -0.4 is 10.6 Å². The molecule has 0 aliphatic heterocycles.